The first-order valence-electron chi connectivity index (χ1n) is 10.2. The Labute approximate surface area is 174 Å². The summed E-state index contributed by atoms with van der Waals surface area (Å²) in [5.41, 5.74) is 7.89. The molecule has 0 saturated heterocycles. The van der Waals surface area contributed by atoms with Crippen LogP contribution in [0.2, 0.25) is 12.9 Å². The van der Waals surface area contributed by atoms with Crippen LogP contribution in [0.4, 0.5) is 0 Å². The van der Waals surface area contributed by atoms with Crippen molar-refractivity contribution in [2.24, 2.45) is 5.41 Å². The molecule has 148 valence electrons. The topological polar surface area (TPSA) is 0 Å². The minimum atomic E-state index is -4.94. The molecule has 0 spiro atoms. The van der Waals surface area contributed by atoms with E-state index in [2.05, 4.69) is 97.6 Å². The maximum atomic E-state index is 7.91. The zero-order valence-electron chi connectivity index (χ0n) is 17.7. The molecule has 0 heterocycles. The van der Waals surface area contributed by atoms with E-state index in [-0.39, 0.29) is 12.7 Å². The molecule has 0 saturated carbocycles. The molecular weight excluding hydrogens is 462 g/mol. The number of hydrogen-bond donors (Lipinski definition) is 0. The van der Waals surface area contributed by atoms with Crippen molar-refractivity contribution in [3.63, 3.8) is 0 Å². The molecule has 3 heteroatoms. The van der Waals surface area contributed by atoms with Crippen LogP contribution in [0.3, 0.4) is 0 Å². The van der Waals surface area contributed by atoms with Crippen LogP contribution >= 0.6 is 17.0 Å². The van der Waals surface area contributed by atoms with Crippen LogP contribution in [-0.4, -0.2) is 0 Å². The van der Waals surface area contributed by atoms with Crippen LogP contribution in [0.15, 0.2) is 71.8 Å². The molecule has 2 aliphatic rings. The third-order valence-corrected chi connectivity index (χ3v) is 25.2. The molecule has 1 atom stereocenters. The average Bonchev–Trinajstić information content (AvgIpc) is 3.13. The van der Waals surface area contributed by atoms with E-state index in [0.717, 1.165) is 0 Å². The van der Waals surface area contributed by atoms with Crippen molar-refractivity contribution in [2.75, 3.05) is 0 Å². The molecule has 0 aliphatic heterocycles. The standard InChI is InChI=1S/C13H9.C10H15.2CH3.2ClH.Zr/c1-3-7-12-10(5-1)9-11-6-2-4-8-13(11)12;1-8-5-6-9(7-8)10(2,3)4;;;;;/h1-9H;5-7H,1-4H3;2*1H3;2*1H;/q;;;;;;+2/p-2. The first-order valence-corrected chi connectivity index (χ1v) is 24.3. The summed E-state index contributed by atoms with van der Waals surface area (Å²) in [6.45, 7) is 8.98. The van der Waals surface area contributed by atoms with Crippen molar-refractivity contribution < 1.29 is 14.9 Å². The second kappa shape index (κ2) is 5.75. The van der Waals surface area contributed by atoms with E-state index in [1.807, 2.05) is 0 Å². The molecule has 4 rings (SSSR count). The first kappa shape index (κ1) is 20.6. The van der Waals surface area contributed by atoms with Gasteiger partial charge in [0.05, 0.1) is 0 Å². The quantitative estimate of drug-likeness (QED) is 0.392. The van der Waals surface area contributed by atoms with E-state index >= 15 is 0 Å². The van der Waals surface area contributed by atoms with Crippen molar-refractivity contribution in [1.82, 2.24) is 0 Å². The van der Waals surface area contributed by atoms with Crippen LogP contribution in [0, 0.1) is 5.41 Å². The number of fused-ring (bicyclic) bond motifs is 3. The average molecular weight is 493 g/mol. The summed E-state index contributed by atoms with van der Waals surface area (Å²) in [7, 11) is 15.8. The summed E-state index contributed by atoms with van der Waals surface area (Å²) in [5.74, 6) is 0. The fourth-order valence-electron chi connectivity index (χ4n) is 5.57. The summed E-state index contributed by atoms with van der Waals surface area (Å²) >= 11 is -4.94. The molecule has 0 amide bonds. The molecule has 2 aliphatic carbocycles. The van der Waals surface area contributed by atoms with Crippen molar-refractivity contribution in [3.8, 4) is 11.1 Å². The van der Waals surface area contributed by atoms with Gasteiger partial charge in [-0.25, -0.2) is 0 Å². The Morgan fingerprint density at radius 3 is 1.71 bits per heavy atom. The zero-order chi connectivity index (χ0) is 20.6. The summed E-state index contributed by atoms with van der Waals surface area (Å²) in [5, 5.41) is 0. The molecule has 0 nitrogen and oxygen atoms in total. The van der Waals surface area contributed by atoms with Gasteiger partial charge >= 0.3 is 176 Å². The number of halogens is 2. The molecule has 2 aromatic rings. The van der Waals surface area contributed by atoms with E-state index < -0.39 is 14.9 Å². The van der Waals surface area contributed by atoms with Crippen LogP contribution in [0.25, 0.3) is 11.1 Å². The molecule has 0 aromatic heterocycles. The second-order valence-corrected chi connectivity index (χ2v) is 46.5. The fraction of sp³-hybridized carbons (Fsp3) is 0.360. The molecule has 28 heavy (non-hydrogen) atoms. The number of hydrogen-bond acceptors (Lipinski definition) is 0. The van der Waals surface area contributed by atoms with Gasteiger partial charge in [0.1, 0.15) is 0 Å². The molecule has 0 bridgehead atoms. The van der Waals surface area contributed by atoms with Crippen LogP contribution < -0.4 is 0 Å². The Hall–Kier alpha value is -0.617. The zero-order valence-corrected chi connectivity index (χ0v) is 21.7. The van der Waals surface area contributed by atoms with E-state index in [1.165, 1.54) is 33.4 Å². The Balaban J connectivity index is 2.00. The Morgan fingerprint density at radius 2 is 1.29 bits per heavy atom. The van der Waals surface area contributed by atoms with E-state index in [9.17, 15) is 0 Å². The van der Waals surface area contributed by atoms with Crippen molar-refractivity contribution in [2.45, 2.75) is 44.2 Å². The van der Waals surface area contributed by atoms with Gasteiger partial charge < -0.3 is 0 Å². The SMILES string of the molecule is CC1=CC(C(C)(C)C)=C[CH]1[Zr]([CH3])([CH3])([Cl])([Cl])[CH]1c2ccccc2-c2ccccc21. The Bertz CT molecular complexity index is 999. The van der Waals surface area contributed by atoms with Gasteiger partial charge in [-0.15, -0.1) is 0 Å². The van der Waals surface area contributed by atoms with Gasteiger partial charge in [-0.2, -0.15) is 0 Å². The van der Waals surface area contributed by atoms with E-state index in [0.29, 0.717) is 0 Å². The first-order chi connectivity index (χ1) is 12.7. The van der Waals surface area contributed by atoms with Crippen LogP contribution in [0.5, 0.6) is 0 Å². The molecule has 1 unspecified atom stereocenters. The summed E-state index contributed by atoms with van der Waals surface area (Å²) in [4.78, 5) is 0. The third-order valence-electron chi connectivity index (χ3n) is 6.92. The summed E-state index contributed by atoms with van der Waals surface area (Å²) in [6.07, 6.45) is 4.71. The number of allylic oxidation sites excluding steroid dienone is 4. The number of rotatable bonds is 2. The number of benzene rings is 2. The minimum absolute atomic E-state index is 0.0563. The van der Waals surface area contributed by atoms with Gasteiger partial charge in [-0.05, 0) is 0 Å². The van der Waals surface area contributed by atoms with Crippen molar-refractivity contribution in [1.29, 1.82) is 0 Å². The third kappa shape index (κ3) is 2.96. The van der Waals surface area contributed by atoms with Crippen LogP contribution in [-0.2, 0) is 14.9 Å². The summed E-state index contributed by atoms with van der Waals surface area (Å²) < 4.78 is 4.62. The van der Waals surface area contributed by atoms with E-state index in [1.54, 1.807) is 0 Å². The second-order valence-electron chi connectivity index (χ2n) is 10.9. The molecule has 2 aromatic carbocycles. The van der Waals surface area contributed by atoms with E-state index in [4.69, 9.17) is 17.0 Å². The summed E-state index contributed by atoms with van der Waals surface area (Å²) in [6, 6.07) is 17.3. The van der Waals surface area contributed by atoms with Crippen molar-refractivity contribution >= 4 is 17.0 Å². The monoisotopic (exact) mass is 490 g/mol. The normalized spacial score (nSPS) is 22.1. The Morgan fingerprint density at radius 1 is 0.821 bits per heavy atom. The molecule has 0 N–H and O–H groups in total. The molecular formula is C25H30Cl2Zr. The predicted octanol–water partition coefficient (Wildman–Crippen LogP) is 9.11. The van der Waals surface area contributed by atoms with Gasteiger partial charge in [0.25, 0.3) is 0 Å². The van der Waals surface area contributed by atoms with Gasteiger partial charge in [-0.1, -0.05) is 0 Å². The fourth-order valence-corrected chi connectivity index (χ4v) is 24.1. The van der Waals surface area contributed by atoms with Gasteiger partial charge in [-0.3, -0.25) is 0 Å². The predicted molar refractivity (Wildman–Crippen MR) is 122 cm³/mol. The van der Waals surface area contributed by atoms with Gasteiger partial charge in [0.15, 0.2) is 0 Å². The van der Waals surface area contributed by atoms with Gasteiger partial charge in [0, 0.05) is 0 Å². The maximum absolute atomic E-state index is 7.91. The molecule has 0 radical (unpaired) electrons. The Kier molecular flexibility index (Phi) is 4.24. The van der Waals surface area contributed by atoms with Crippen molar-refractivity contribution in [3.05, 3.63) is 83.0 Å². The molecule has 0 fully saturated rings. The van der Waals surface area contributed by atoms with Crippen LogP contribution in [0.1, 0.15) is 42.4 Å². The van der Waals surface area contributed by atoms with Gasteiger partial charge in [0.2, 0.25) is 0 Å².